The Morgan fingerprint density at radius 2 is 1.69 bits per heavy atom. The van der Waals surface area contributed by atoms with Crippen molar-refractivity contribution in [1.29, 1.82) is 0 Å². The molecule has 36 heavy (non-hydrogen) atoms. The van der Waals surface area contributed by atoms with Crippen molar-refractivity contribution in [3.8, 4) is 11.5 Å². The van der Waals surface area contributed by atoms with E-state index in [2.05, 4.69) is 6.92 Å². The number of nitro benzene ring substituents is 1. The number of piperidine rings is 1. The van der Waals surface area contributed by atoms with Crippen LogP contribution in [0.3, 0.4) is 0 Å². The zero-order valence-corrected chi connectivity index (χ0v) is 20.8. The van der Waals surface area contributed by atoms with E-state index in [1.165, 1.54) is 12.1 Å². The van der Waals surface area contributed by atoms with Gasteiger partial charge in [-0.1, -0.05) is 6.92 Å². The normalized spacial score (nSPS) is 15.8. The minimum atomic E-state index is -0.769. The predicted molar refractivity (Wildman–Crippen MR) is 133 cm³/mol. The summed E-state index contributed by atoms with van der Waals surface area (Å²) in [5.74, 6) is 0.706. The average molecular weight is 498 g/mol. The van der Waals surface area contributed by atoms with Crippen LogP contribution in [-0.2, 0) is 22.5 Å². The van der Waals surface area contributed by atoms with Crippen molar-refractivity contribution in [2.45, 2.75) is 32.7 Å². The predicted octanol–water partition coefficient (Wildman–Crippen LogP) is 3.59. The van der Waals surface area contributed by atoms with Gasteiger partial charge >= 0.3 is 5.97 Å². The molecule has 4 rings (SSSR count). The van der Waals surface area contributed by atoms with E-state index in [1.807, 2.05) is 17.0 Å². The van der Waals surface area contributed by atoms with Crippen LogP contribution in [0, 0.1) is 16.0 Å². The Hall–Kier alpha value is -3.82. The number of carbonyl (C=O) groups is 2. The fourth-order valence-electron chi connectivity index (χ4n) is 4.71. The molecule has 0 saturated carbocycles. The lowest BCUT2D eigenvalue weighted by molar-refractivity contribution is -0.384. The minimum absolute atomic E-state index is 0.0458. The fraction of sp³-hybridized carbons (Fsp3) is 0.462. The Balaban J connectivity index is 1.39. The van der Waals surface area contributed by atoms with Gasteiger partial charge in [-0.05, 0) is 60.6 Å². The van der Waals surface area contributed by atoms with Crippen LogP contribution in [0.5, 0.6) is 11.5 Å². The maximum atomic E-state index is 12.8. The fourth-order valence-corrected chi connectivity index (χ4v) is 4.71. The van der Waals surface area contributed by atoms with Gasteiger partial charge in [0.25, 0.3) is 11.6 Å². The molecule has 1 fully saturated rings. The highest BCUT2D eigenvalue weighted by Crippen LogP contribution is 2.34. The van der Waals surface area contributed by atoms with Crippen molar-refractivity contribution in [2.75, 3.05) is 45.4 Å². The van der Waals surface area contributed by atoms with Crippen LogP contribution in [0.1, 0.15) is 41.3 Å². The van der Waals surface area contributed by atoms with E-state index in [0.717, 1.165) is 37.1 Å². The van der Waals surface area contributed by atoms with Crippen LogP contribution in [0.4, 0.5) is 11.4 Å². The van der Waals surface area contributed by atoms with Crippen molar-refractivity contribution < 1.29 is 28.7 Å². The molecule has 0 spiro atoms. The highest BCUT2D eigenvalue weighted by molar-refractivity contribution is 5.93. The number of carbonyl (C=O) groups excluding carboxylic acids is 2. The molecule has 0 radical (unpaired) electrons. The van der Waals surface area contributed by atoms with Gasteiger partial charge in [-0.3, -0.25) is 14.9 Å². The molecule has 2 heterocycles. The summed E-state index contributed by atoms with van der Waals surface area (Å²) in [6.45, 7) is 4.04. The molecule has 0 unspecified atom stereocenters. The van der Waals surface area contributed by atoms with Gasteiger partial charge in [0.05, 0.1) is 24.7 Å². The van der Waals surface area contributed by atoms with E-state index in [9.17, 15) is 19.7 Å². The highest BCUT2D eigenvalue weighted by atomic mass is 16.6. The quantitative estimate of drug-likeness (QED) is 0.324. The number of rotatable bonds is 7. The van der Waals surface area contributed by atoms with Gasteiger partial charge in [-0.25, -0.2) is 4.79 Å². The molecular formula is C26H31N3O7. The largest absolute Gasteiger partial charge is 0.493 e. The zero-order chi connectivity index (χ0) is 25.8. The Morgan fingerprint density at radius 1 is 1.03 bits per heavy atom. The molecule has 0 aliphatic carbocycles. The summed E-state index contributed by atoms with van der Waals surface area (Å²) in [4.78, 5) is 40.2. The molecular weight excluding hydrogens is 466 g/mol. The highest BCUT2D eigenvalue weighted by Gasteiger charge is 2.27. The number of fused-ring (bicyclic) bond motifs is 1. The second kappa shape index (κ2) is 10.8. The number of nitro groups is 1. The zero-order valence-electron chi connectivity index (χ0n) is 20.8. The maximum absolute atomic E-state index is 12.8. The summed E-state index contributed by atoms with van der Waals surface area (Å²) in [5.41, 5.74) is 2.42. The molecule has 2 aromatic rings. The van der Waals surface area contributed by atoms with Crippen LogP contribution in [0.15, 0.2) is 30.3 Å². The van der Waals surface area contributed by atoms with Crippen LogP contribution in [0.25, 0.3) is 0 Å². The lowest BCUT2D eigenvalue weighted by atomic mass is 9.98. The first kappa shape index (κ1) is 25.3. The SMILES string of the molecule is COc1cc2c(cc1OC)CN(C(=O)COC(=O)c1ccc(N3CCC(C)CC3)c([N+](=O)[O-])c1)CC2. The topological polar surface area (TPSA) is 111 Å². The molecule has 1 saturated heterocycles. The smallest absolute Gasteiger partial charge is 0.338 e. The van der Waals surface area contributed by atoms with Crippen molar-refractivity contribution in [3.05, 3.63) is 57.1 Å². The number of nitrogens with zero attached hydrogens (tertiary/aromatic N) is 3. The third kappa shape index (κ3) is 5.37. The van der Waals surface area contributed by atoms with Crippen LogP contribution >= 0.6 is 0 Å². The monoisotopic (exact) mass is 497 g/mol. The number of ether oxygens (including phenoxy) is 3. The molecule has 10 heteroatoms. The first-order valence-corrected chi connectivity index (χ1v) is 12.0. The lowest BCUT2D eigenvalue weighted by Gasteiger charge is -2.31. The van der Waals surface area contributed by atoms with Crippen LogP contribution in [0.2, 0.25) is 0 Å². The van der Waals surface area contributed by atoms with Crippen molar-refractivity contribution >= 4 is 23.3 Å². The lowest BCUT2D eigenvalue weighted by Crippen LogP contribution is -2.38. The van der Waals surface area contributed by atoms with Gasteiger partial charge in [-0.15, -0.1) is 0 Å². The molecule has 2 aliphatic rings. The van der Waals surface area contributed by atoms with Gasteiger partial charge in [0.15, 0.2) is 18.1 Å². The molecule has 2 aromatic carbocycles. The van der Waals surface area contributed by atoms with E-state index in [1.54, 1.807) is 25.2 Å². The van der Waals surface area contributed by atoms with Crippen LogP contribution in [-0.4, -0.2) is 62.2 Å². The Labute approximate surface area is 209 Å². The molecule has 0 bridgehead atoms. The van der Waals surface area contributed by atoms with Crippen LogP contribution < -0.4 is 14.4 Å². The van der Waals surface area contributed by atoms with Gasteiger partial charge in [0.2, 0.25) is 0 Å². The Kier molecular flexibility index (Phi) is 7.61. The van der Waals surface area contributed by atoms with Gasteiger partial charge in [0, 0.05) is 32.2 Å². The summed E-state index contributed by atoms with van der Waals surface area (Å²) in [5, 5.41) is 11.7. The molecule has 192 valence electrons. The third-order valence-electron chi connectivity index (χ3n) is 6.93. The van der Waals surface area contributed by atoms with E-state index in [4.69, 9.17) is 14.2 Å². The summed E-state index contributed by atoms with van der Waals surface area (Å²) < 4.78 is 15.9. The van der Waals surface area contributed by atoms with E-state index < -0.39 is 17.5 Å². The number of benzene rings is 2. The molecule has 2 aliphatic heterocycles. The first-order valence-electron chi connectivity index (χ1n) is 12.0. The summed E-state index contributed by atoms with van der Waals surface area (Å²) in [6.07, 6.45) is 2.56. The van der Waals surface area contributed by atoms with Crippen molar-refractivity contribution in [3.63, 3.8) is 0 Å². The second-order valence-corrected chi connectivity index (χ2v) is 9.25. The first-order chi connectivity index (χ1) is 17.3. The Bertz CT molecular complexity index is 1160. The van der Waals surface area contributed by atoms with Gasteiger partial charge in [0.1, 0.15) is 5.69 Å². The van der Waals surface area contributed by atoms with E-state index >= 15 is 0 Å². The third-order valence-corrected chi connectivity index (χ3v) is 6.93. The molecule has 0 N–H and O–H groups in total. The van der Waals surface area contributed by atoms with Crippen molar-refractivity contribution in [1.82, 2.24) is 4.90 Å². The number of hydrogen-bond donors (Lipinski definition) is 0. The molecule has 0 aromatic heterocycles. The van der Waals surface area contributed by atoms with E-state index in [-0.39, 0.29) is 17.2 Å². The summed E-state index contributed by atoms with van der Waals surface area (Å²) in [7, 11) is 3.13. The number of anilines is 1. The minimum Gasteiger partial charge on any atom is -0.493 e. The number of methoxy groups -OCH3 is 2. The van der Waals surface area contributed by atoms with E-state index in [0.29, 0.717) is 42.6 Å². The maximum Gasteiger partial charge on any atom is 0.338 e. The van der Waals surface area contributed by atoms with Gasteiger partial charge < -0.3 is 24.0 Å². The van der Waals surface area contributed by atoms with Crippen molar-refractivity contribution in [2.24, 2.45) is 5.92 Å². The molecule has 1 amide bonds. The molecule has 10 nitrogen and oxygen atoms in total. The summed E-state index contributed by atoms with van der Waals surface area (Å²) in [6, 6.07) is 8.11. The number of amides is 1. The average Bonchev–Trinajstić information content (AvgIpc) is 2.90. The van der Waals surface area contributed by atoms with Gasteiger partial charge in [-0.2, -0.15) is 0 Å². The second-order valence-electron chi connectivity index (χ2n) is 9.25. The standard InChI is InChI=1S/C26H31N3O7/c1-17-6-9-27(10-7-17)21-5-4-19(12-22(21)29(32)33)26(31)36-16-25(30)28-11-8-18-13-23(34-2)24(35-3)14-20(18)15-28/h4-5,12-14,17H,6-11,15-16H2,1-3H3. The molecule has 0 atom stereocenters. The summed E-state index contributed by atoms with van der Waals surface area (Å²) >= 11 is 0. The Morgan fingerprint density at radius 3 is 2.33 bits per heavy atom. The number of esters is 1. The number of hydrogen-bond acceptors (Lipinski definition) is 8.